The molecule has 5 nitrogen and oxygen atoms in total. The molecule has 0 aromatic heterocycles. The van der Waals surface area contributed by atoms with Crippen LogP contribution in [0, 0.1) is 10.1 Å². The summed E-state index contributed by atoms with van der Waals surface area (Å²) in [6.45, 7) is 1.71. The number of amides is 1. The van der Waals surface area contributed by atoms with E-state index in [9.17, 15) is 14.9 Å². The number of hydrogen-bond donors (Lipinski definition) is 1. The lowest BCUT2D eigenvalue weighted by Gasteiger charge is -1.97. The minimum absolute atomic E-state index is 0.131. The van der Waals surface area contributed by atoms with Gasteiger partial charge < -0.3 is 5.73 Å². The van der Waals surface area contributed by atoms with Gasteiger partial charge in [-0.25, -0.2) is 0 Å². The molecule has 0 spiro atoms. The minimum atomic E-state index is -0.513. The van der Waals surface area contributed by atoms with E-state index in [1.165, 1.54) is 6.08 Å². The van der Waals surface area contributed by atoms with Gasteiger partial charge in [-0.2, -0.15) is 0 Å². The van der Waals surface area contributed by atoms with Gasteiger partial charge in [-0.05, 0) is 17.7 Å². The van der Waals surface area contributed by atoms with Crippen LogP contribution in [0.2, 0.25) is 0 Å². The zero-order chi connectivity index (χ0) is 12.1. The maximum atomic E-state index is 10.8. The van der Waals surface area contributed by atoms with Gasteiger partial charge in [0.1, 0.15) is 0 Å². The molecule has 0 fully saturated rings. The predicted octanol–water partition coefficient (Wildman–Crippen LogP) is 1.81. The molecule has 2 N–H and O–H groups in total. The largest absolute Gasteiger partial charge is 0.366 e. The molecule has 1 aromatic carbocycles. The molecule has 84 valence electrons. The zero-order valence-electron chi connectivity index (χ0n) is 8.84. The molecule has 5 heteroatoms. The summed E-state index contributed by atoms with van der Waals surface area (Å²) in [5.74, 6) is -0.513. The van der Waals surface area contributed by atoms with Gasteiger partial charge in [0.15, 0.2) is 0 Å². The Labute approximate surface area is 92.7 Å². The van der Waals surface area contributed by atoms with E-state index in [1.807, 2.05) is 0 Å². The van der Waals surface area contributed by atoms with Crippen LogP contribution in [0.4, 0.5) is 0 Å². The number of nitro groups is 1. The lowest BCUT2D eigenvalue weighted by molar-refractivity contribution is -0.425. The third-order valence-electron chi connectivity index (χ3n) is 2.13. The number of nitrogens with zero attached hydrogens (tertiary/aromatic N) is 1. The van der Waals surface area contributed by atoms with E-state index in [1.54, 1.807) is 31.2 Å². The van der Waals surface area contributed by atoms with Crippen molar-refractivity contribution in [3.05, 3.63) is 51.2 Å². The molecule has 1 rings (SSSR count). The second-order valence-electron chi connectivity index (χ2n) is 3.23. The molecule has 0 atom stereocenters. The van der Waals surface area contributed by atoms with Gasteiger partial charge in [-0.1, -0.05) is 19.1 Å². The fraction of sp³-hybridized carbons (Fsp3) is 0.182. The summed E-state index contributed by atoms with van der Waals surface area (Å²) in [6.07, 6.45) is 1.83. The van der Waals surface area contributed by atoms with Crippen molar-refractivity contribution in [2.24, 2.45) is 5.73 Å². The molecule has 0 heterocycles. The van der Waals surface area contributed by atoms with E-state index in [0.717, 1.165) is 0 Å². The van der Waals surface area contributed by atoms with Crippen molar-refractivity contribution in [1.29, 1.82) is 0 Å². The average molecular weight is 220 g/mol. The highest BCUT2D eigenvalue weighted by atomic mass is 16.6. The maximum Gasteiger partial charge on any atom is 0.248 e. The van der Waals surface area contributed by atoms with E-state index >= 15 is 0 Å². The first kappa shape index (κ1) is 11.9. The van der Waals surface area contributed by atoms with E-state index in [0.29, 0.717) is 17.5 Å². The first-order chi connectivity index (χ1) is 7.54. The lowest BCUT2D eigenvalue weighted by atomic mass is 10.1. The first-order valence-corrected chi connectivity index (χ1v) is 4.79. The van der Waals surface area contributed by atoms with Crippen molar-refractivity contribution in [3.8, 4) is 0 Å². The molecule has 1 amide bonds. The number of carbonyl (C=O) groups excluding carboxylic acids is 1. The molecule has 0 radical (unpaired) electrons. The van der Waals surface area contributed by atoms with E-state index < -0.39 is 10.8 Å². The molecule has 0 aliphatic rings. The van der Waals surface area contributed by atoms with Crippen LogP contribution >= 0.6 is 0 Å². The number of carbonyl (C=O) groups is 1. The van der Waals surface area contributed by atoms with Crippen LogP contribution in [-0.4, -0.2) is 10.8 Å². The second-order valence-corrected chi connectivity index (χ2v) is 3.23. The Morgan fingerprint density at radius 2 is 2.00 bits per heavy atom. The Balaban J connectivity index is 2.98. The fourth-order valence-electron chi connectivity index (χ4n) is 1.22. The molecule has 1 aromatic rings. The summed E-state index contributed by atoms with van der Waals surface area (Å²) in [7, 11) is 0. The Bertz CT molecular complexity index is 435. The highest BCUT2D eigenvalue weighted by molar-refractivity contribution is 5.92. The molecular weight excluding hydrogens is 208 g/mol. The average Bonchev–Trinajstić information content (AvgIpc) is 2.26. The summed E-state index contributed by atoms with van der Waals surface area (Å²) in [5.41, 5.74) is 6.27. The van der Waals surface area contributed by atoms with Gasteiger partial charge in [0, 0.05) is 18.1 Å². The Morgan fingerprint density at radius 1 is 1.44 bits per heavy atom. The summed E-state index contributed by atoms with van der Waals surface area (Å²) < 4.78 is 0. The first-order valence-electron chi connectivity index (χ1n) is 4.79. The van der Waals surface area contributed by atoms with Crippen LogP contribution in [0.15, 0.2) is 30.0 Å². The lowest BCUT2D eigenvalue weighted by Crippen LogP contribution is -2.10. The number of hydrogen-bond acceptors (Lipinski definition) is 3. The SMILES string of the molecule is CCC(=Cc1ccc(C(N)=O)cc1)[N+](=O)[O-]. The Kier molecular flexibility index (Phi) is 3.77. The molecule has 0 aliphatic carbocycles. The van der Waals surface area contributed by atoms with Crippen LogP contribution in [0.5, 0.6) is 0 Å². The zero-order valence-corrected chi connectivity index (χ0v) is 8.84. The summed E-state index contributed by atoms with van der Waals surface area (Å²) in [6, 6.07) is 6.33. The van der Waals surface area contributed by atoms with Crippen molar-refractivity contribution >= 4 is 12.0 Å². The van der Waals surface area contributed by atoms with Crippen LogP contribution < -0.4 is 5.73 Å². The number of nitrogens with two attached hydrogens (primary N) is 1. The smallest absolute Gasteiger partial charge is 0.248 e. The van der Waals surface area contributed by atoms with Gasteiger partial charge in [0.2, 0.25) is 11.6 Å². The highest BCUT2D eigenvalue weighted by Crippen LogP contribution is 2.11. The van der Waals surface area contributed by atoms with Crippen molar-refractivity contribution in [2.45, 2.75) is 13.3 Å². The standard InChI is InChI=1S/C11H12N2O3/c1-2-10(13(15)16)7-8-3-5-9(6-4-8)11(12)14/h3-7H,2H2,1H3,(H2,12,14). The van der Waals surface area contributed by atoms with E-state index in [4.69, 9.17) is 5.73 Å². The van der Waals surface area contributed by atoms with E-state index in [2.05, 4.69) is 0 Å². The Morgan fingerprint density at radius 3 is 2.38 bits per heavy atom. The summed E-state index contributed by atoms with van der Waals surface area (Å²) in [5, 5.41) is 10.6. The molecule has 0 saturated carbocycles. The monoisotopic (exact) mass is 220 g/mol. The van der Waals surface area contributed by atoms with Crippen molar-refractivity contribution in [2.75, 3.05) is 0 Å². The topological polar surface area (TPSA) is 86.2 Å². The Hall–Kier alpha value is -2.17. The molecular formula is C11H12N2O3. The van der Waals surface area contributed by atoms with E-state index in [-0.39, 0.29) is 5.70 Å². The number of rotatable bonds is 4. The maximum absolute atomic E-state index is 10.8. The van der Waals surface area contributed by atoms with Gasteiger partial charge in [-0.15, -0.1) is 0 Å². The van der Waals surface area contributed by atoms with Gasteiger partial charge >= 0.3 is 0 Å². The minimum Gasteiger partial charge on any atom is -0.366 e. The molecule has 0 aliphatic heterocycles. The number of allylic oxidation sites excluding steroid dienone is 1. The van der Waals surface area contributed by atoms with Gasteiger partial charge in [0.25, 0.3) is 0 Å². The van der Waals surface area contributed by atoms with Crippen LogP contribution in [0.1, 0.15) is 29.3 Å². The van der Waals surface area contributed by atoms with Gasteiger partial charge in [-0.3, -0.25) is 14.9 Å². The normalized spacial score (nSPS) is 11.2. The second kappa shape index (κ2) is 5.06. The van der Waals surface area contributed by atoms with Crippen LogP contribution in [0.3, 0.4) is 0 Å². The van der Waals surface area contributed by atoms with Crippen LogP contribution in [0.25, 0.3) is 6.08 Å². The quantitative estimate of drug-likeness (QED) is 0.620. The molecule has 0 unspecified atom stereocenters. The summed E-state index contributed by atoms with van der Waals surface area (Å²) >= 11 is 0. The van der Waals surface area contributed by atoms with Crippen molar-refractivity contribution in [1.82, 2.24) is 0 Å². The highest BCUT2D eigenvalue weighted by Gasteiger charge is 2.07. The van der Waals surface area contributed by atoms with Crippen molar-refractivity contribution in [3.63, 3.8) is 0 Å². The fourth-order valence-corrected chi connectivity index (χ4v) is 1.22. The van der Waals surface area contributed by atoms with Gasteiger partial charge in [0.05, 0.1) is 4.92 Å². The summed E-state index contributed by atoms with van der Waals surface area (Å²) in [4.78, 5) is 21.0. The molecule has 0 saturated heterocycles. The third kappa shape index (κ3) is 2.91. The van der Waals surface area contributed by atoms with Crippen LogP contribution in [-0.2, 0) is 0 Å². The molecule has 16 heavy (non-hydrogen) atoms. The number of benzene rings is 1. The van der Waals surface area contributed by atoms with Crippen molar-refractivity contribution < 1.29 is 9.72 Å². The predicted molar refractivity (Wildman–Crippen MR) is 60.2 cm³/mol. The third-order valence-corrected chi connectivity index (χ3v) is 2.13. The number of primary amides is 1. The molecule has 0 bridgehead atoms.